The second-order valence-corrected chi connectivity index (χ2v) is 7.08. The van der Waals surface area contributed by atoms with Crippen LogP contribution in [0.4, 0.5) is 0 Å². The van der Waals surface area contributed by atoms with E-state index in [0.29, 0.717) is 11.5 Å². The average Bonchev–Trinajstić information content (AvgIpc) is 2.65. The molecule has 0 saturated heterocycles. The fraction of sp³-hybridized carbons (Fsp3) is 0.320. The Kier molecular flexibility index (Phi) is 6.98. The quantitative estimate of drug-likeness (QED) is 0.408. The molecule has 0 N–H and O–H groups in total. The summed E-state index contributed by atoms with van der Waals surface area (Å²) in [6.07, 6.45) is 13.7. The number of benzene rings is 1. The van der Waals surface area contributed by atoms with Crippen molar-refractivity contribution in [2.45, 2.75) is 47.0 Å². The van der Waals surface area contributed by atoms with E-state index in [4.69, 9.17) is 0 Å². The molecule has 1 heteroatoms. The van der Waals surface area contributed by atoms with Gasteiger partial charge in [0.25, 0.3) is 0 Å². The van der Waals surface area contributed by atoms with E-state index in [1.165, 1.54) is 27.8 Å². The fourth-order valence-electron chi connectivity index (χ4n) is 3.37. The predicted molar refractivity (Wildman–Crippen MR) is 113 cm³/mol. The van der Waals surface area contributed by atoms with E-state index in [1.807, 2.05) is 6.92 Å². The zero-order valence-corrected chi connectivity index (χ0v) is 16.5. The van der Waals surface area contributed by atoms with Crippen molar-refractivity contribution >= 4 is 6.08 Å². The summed E-state index contributed by atoms with van der Waals surface area (Å²) >= 11 is 0. The van der Waals surface area contributed by atoms with E-state index in [0.717, 1.165) is 24.8 Å². The Morgan fingerprint density at radius 2 is 2.08 bits per heavy atom. The van der Waals surface area contributed by atoms with Gasteiger partial charge in [-0.1, -0.05) is 79.6 Å². The molecule has 1 atom stereocenters. The Labute approximate surface area is 158 Å². The molecule has 0 radical (unpaired) electrons. The lowest BCUT2D eigenvalue weighted by atomic mass is 9.84. The van der Waals surface area contributed by atoms with Crippen LogP contribution in [-0.2, 0) is 6.42 Å². The third-order valence-corrected chi connectivity index (χ3v) is 5.11. The normalized spacial score (nSPS) is 18.0. The van der Waals surface area contributed by atoms with Gasteiger partial charge >= 0.3 is 0 Å². The van der Waals surface area contributed by atoms with E-state index in [1.54, 1.807) is 6.08 Å². The van der Waals surface area contributed by atoms with Crippen LogP contribution in [0.3, 0.4) is 0 Å². The Balaban J connectivity index is 2.27. The van der Waals surface area contributed by atoms with E-state index >= 15 is 0 Å². The highest BCUT2D eigenvalue weighted by Crippen LogP contribution is 2.29. The van der Waals surface area contributed by atoms with Crippen molar-refractivity contribution in [3.63, 3.8) is 0 Å². The van der Waals surface area contributed by atoms with Crippen LogP contribution < -0.4 is 0 Å². The number of allylic oxidation sites excluding steroid dienone is 8. The maximum Gasteiger partial charge on any atom is 0.0994 e. The zero-order valence-electron chi connectivity index (χ0n) is 16.5. The van der Waals surface area contributed by atoms with E-state index < -0.39 is 0 Å². The van der Waals surface area contributed by atoms with Crippen LogP contribution in [0.1, 0.15) is 50.3 Å². The highest BCUT2D eigenvalue weighted by Gasteiger charge is 2.15. The van der Waals surface area contributed by atoms with E-state index in [9.17, 15) is 5.26 Å². The summed E-state index contributed by atoms with van der Waals surface area (Å²) in [5.41, 5.74) is 8.35. The molecule has 134 valence electrons. The van der Waals surface area contributed by atoms with Gasteiger partial charge in [0.1, 0.15) is 0 Å². The first-order chi connectivity index (χ1) is 12.5. The molecule has 1 aromatic rings. The number of rotatable bonds is 6. The maximum absolute atomic E-state index is 9.28. The molecule has 26 heavy (non-hydrogen) atoms. The zero-order chi connectivity index (χ0) is 19.1. The van der Waals surface area contributed by atoms with Crippen molar-refractivity contribution in [2.75, 3.05) is 0 Å². The fourth-order valence-corrected chi connectivity index (χ4v) is 3.37. The number of fused-ring (bicyclic) bond motifs is 1. The van der Waals surface area contributed by atoms with Gasteiger partial charge < -0.3 is 0 Å². The van der Waals surface area contributed by atoms with Crippen LogP contribution >= 0.6 is 0 Å². The molecular formula is C25H29N. The van der Waals surface area contributed by atoms with Crippen molar-refractivity contribution in [2.24, 2.45) is 5.92 Å². The number of aryl methyl sites for hydroxylation is 1. The van der Waals surface area contributed by atoms with Crippen LogP contribution in [-0.4, -0.2) is 0 Å². The van der Waals surface area contributed by atoms with Gasteiger partial charge in [-0.2, -0.15) is 5.26 Å². The molecule has 1 aromatic carbocycles. The summed E-state index contributed by atoms with van der Waals surface area (Å²) < 4.78 is 0. The van der Waals surface area contributed by atoms with Gasteiger partial charge in [-0.25, -0.2) is 0 Å². The van der Waals surface area contributed by atoms with Crippen molar-refractivity contribution in [3.05, 3.63) is 88.1 Å². The molecule has 0 fully saturated rings. The third kappa shape index (κ3) is 4.73. The van der Waals surface area contributed by atoms with Crippen molar-refractivity contribution in [1.29, 1.82) is 5.26 Å². The molecule has 0 bridgehead atoms. The standard InChI is InChI=1S/C25H29N/c1-6-8-22(20(5)21(7-2)17-26)12-10-19(4)23-13-14-24-15-18(3)9-11-25(24)16-23/h7,9-15,23H,2,6,8,16H2,1,3-5H3/b19-10+,21-20-,22-12+. The van der Waals surface area contributed by atoms with Gasteiger partial charge in [0.15, 0.2) is 0 Å². The summed E-state index contributed by atoms with van der Waals surface area (Å²) in [6, 6.07) is 8.95. The average molecular weight is 344 g/mol. The highest BCUT2D eigenvalue weighted by molar-refractivity contribution is 5.59. The molecule has 0 spiro atoms. The SMILES string of the molecule is C=C/C(C#N)=C(C)/C(=C/C=C(\C)C1C=Cc2cc(C)ccc2C1)CCC. The lowest BCUT2D eigenvalue weighted by Gasteiger charge is -2.20. The molecule has 1 unspecified atom stereocenters. The molecule has 2 rings (SSSR count). The van der Waals surface area contributed by atoms with Gasteiger partial charge in [0.05, 0.1) is 11.6 Å². The molecule has 0 saturated carbocycles. The van der Waals surface area contributed by atoms with E-state index in [2.05, 4.69) is 75.9 Å². The van der Waals surface area contributed by atoms with Crippen LogP contribution in [0.25, 0.3) is 6.08 Å². The van der Waals surface area contributed by atoms with Gasteiger partial charge in [0.2, 0.25) is 0 Å². The Morgan fingerprint density at radius 1 is 1.31 bits per heavy atom. The number of hydrogen-bond acceptors (Lipinski definition) is 1. The monoisotopic (exact) mass is 343 g/mol. The van der Waals surface area contributed by atoms with Gasteiger partial charge in [0, 0.05) is 5.92 Å². The maximum atomic E-state index is 9.28. The Morgan fingerprint density at radius 3 is 2.73 bits per heavy atom. The van der Waals surface area contributed by atoms with Crippen molar-refractivity contribution in [3.8, 4) is 6.07 Å². The smallest absolute Gasteiger partial charge is 0.0994 e. The lowest BCUT2D eigenvalue weighted by molar-refractivity contribution is 0.745. The topological polar surface area (TPSA) is 23.8 Å². The van der Waals surface area contributed by atoms with Crippen LogP contribution in [0.5, 0.6) is 0 Å². The molecular weight excluding hydrogens is 314 g/mol. The first kappa shape index (κ1) is 19.7. The molecule has 0 aliphatic heterocycles. The first-order valence-corrected chi connectivity index (χ1v) is 9.39. The van der Waals surface area contributed by atoms with Crippen molar-refractivity contribution < 1.29 is 0 Å². The minimum absolute atomic E-state index is 0.434. The summed E-state index contributed by atoms with van der Waals surface area (Å²) in [5, 5.41) is 9.28. The summed E-state index contributed by atoms with van der Waals surface area (Å²) in [5.74, 6) is 0.434. The molecule has 0 aromatic heterocycles. The summed E-state index contributed by atoms with van der Waals surface area (Å²) in [7, 11) is 0. The predicted octanol–water partition coefficient (Wildman–Crippen LogP) is 6.88. The van der Waals surface area contributed by atoms with Gasteiger partial charge in [-0.15, -0.1) is 0 Å². The minimum Gasteiger partial charge on any atom is -0.192 e. The summed E-state index contributed by atoms with van der Waals surface area (Å²) in [6.45, 7) is 12.3. The molecule has 0 heterocycles. The number of nitriles is 1. The van der Waals surface area contributed by atoms with Gasteiger partial charge in [-0.3, -0.25) is 0 Å². The number of nitrogens with zero attached hydrogens (tertiary/aromatic N) is 1. The minimum atomic E-state index is 0.434. The van der Waals surface area contributed by atoms with Gasteiger partial charge in [-0.05, 0) is 55.9 Å². The van der Waals surface area contributed by atoms with Crippen molar-refractivity contribution in [1.82, 2.24) is 0 Å². The number of hydrogen-bond donors (Lipinski definition) is 0. The molecule has 0 amide bonds. The van der Waals surface area contributed by atoms with Crippen LogP contribution in [0, 0.1) is 24.2 Å². The summed E-state index contributed by atoms with van der Waals surface area (Å²) in [4.78, 5) is 0. The highest BCUT2D eigenvalue weighted by atomic mass is 14.2. The molecule has 1 aliphatic carbocycles. The largest absolute Gasteiger partial charge is 0.192 e. The third-order valence-electron chi connectivity index (χ3n) is 5.11. The molecule has 1 nitrogen and oxygen atoms in total. The van der Waals surface area contributed by atoms with Crippen LogP contribution in [0.15, 0.2) is 71.4 Å². The second kappa shape index (κ2) is 9.20. The Hall–Kier alpha value is -2.59. The Bertz CT molecular complexity index is 837. The lowest BCUT2D eigenvalue weighted by Crippen LogP contribution is -2.08. The van der Waals surface area contributed by atoms with Crippen LogP contribution in [0.2, 0.25) is 0 Å². The first-order valence-electron chi connectivity index (χ1n) is 9.39. The second-order valence-electron chi connectivity index (χ2n) is 7.08. The van der Waals surface area contributed by atoms with E-state index in [-0.39, 0.29) is 0 Å². The molecule has 1 aliphatic rings.